The fourth-order valence-electron chi connectivity index (χ4n) is 1.36. The summed E-state index contributed by atoms with van der Waals surface area (Å²) in [7, 11) is -7.78. The molecule has 0 saturated carbocycles. The van der Waals surface area contributed by atoms with Gasteiger partial charge >= 0.3 is 16.2 Å². The smallest absolute Gasteiger partial charge is 0.440 e. The van der Waals surface area contributed by atoms with Crippen LogP contribution in [0.5, 0.6) is 0 Å². The summed E-state index contributed by atoms with van der Waals surface area (Å²) in [5.74, 6) is 5.28. The van der Waals surface area contributed by atoms with Crippen molar-refractivity contribution in [3.63, 3.8) is 0 Å². The van der Waals surface area contributed by atoms with Crippen LogP contribution >= 0.6 is 7.82 Å². The number of anilines is 1. The quantitative estimate of drug-likeness (QED) is 0.103. The van der Waals surface area contributed by atoms with Gasteiger partial charge in [0.05, 0.1) is 20.5 Å². The lowest BCUT2D eigenvalue weighted by Crippen LogP contribution is -2.43. The summed E-state index contributed by atoms with van der Waals surface area (Å²) in [4.78, 5) is 35.6. The predicted octanol–water partition coefficient (Wildman–Crippen LogP) is -1.33. The molecule has 13 N–H and O–H groups in total. The van der Waals surface area contributed by atoms with Gasteiger partial charge in [-0.3, -0.25) is 0 Å². The van der Waals surface area contributed by atoms with Crippen molar-refractivity contribution < 1.29 is 41.7 Å². The van der Waals surface area contributed by atoms with Gasteiger partial charge in [0.2, 0.25) is 0 Å². The fraction of sp³-hybridized carbons (Fsp3) is 0.364. The highest BCUT2D eigenvalue weighted by Crippen LogP contribution is 2.17. The summed E-state index contributed by atoms with van der Waals surface area (Å²) in [5, 5.41) is 12.3. The number of phosphoric acid groups is 1. The molecule has 1 atom stereocenters. The number of nitrogens with two attached hydrogens (primary N) is 1. The van der Waals surface area contributed by atoms with Crippen LogP contribution in [0.2, 0.25) is 0 Å². The highest BCUT2D eigenvalue weighted by atomic mass is 32.2. The number of hydrazine groups is 1. The zero-order valence-corrected chi connectivity index (χ0v) is 16.9. The molecule has 1 aromatic carbocycles. The van der Waals surface area contributed by atoms with Crippen LogP contribution in [-0.4, -0.2) is 49.2 Å². The molecule has 1 aromatic rings. The van der Waals surface area contributed by atoms with Crippen molar-refractivity contribution in [2.24, 2.45) is 5.84 Å². The Hall–Kier alpha value is -1.81. The molecule has 1 rings (SSSR count). The minimum Gasteiger partial charge on any atom is -0.790 e. The van der Waals surface area contributed by atoms with E-state index < -0.39 is 30.1 Å². The lowest BCUT2D eigenvalue weighted by molar-refractivity contribution is -0.337. The Kier molecular flexibility index (Phi) is 13.9. The molecule has 0 spiro atoms. The normalized spacial score (nSPS) is 11.5. The number of nitrogens with zero attached hydrogens (tertiary/aromatic N) is 1. The molecule has 1 amide bonds. The van der Waals surface area contributed by atoms with E-state index in [0.29, 0.717) is 10.7 Å². The maximum atomic E-state index is 11.9. The molecule has 16 heteroatoms. The van der Waals surface area contributed by atoms with Gasteiger partial charge in [-0.1, -0.05) is 6.07 Å². The molecule has 1 unspecified atom stereocenters. The number of quaternary nitrogens is 2. The van der Waals surface area contributed by atoms with Crippen molar-refractivity contribution >= 4 is 29.7 Å². The van der Waals surface area contributed by atoms with Crippen molar-refractivity contribution in [3.05, 3.63) is 24.3 Å². The number of aliphatic hydroxyl groups excluding tert-OH is 1. The fourth-order valence-corrected chi connectivity index (χ4v) is 2.25. The van der Waals surface area contributed by atoms with Gasteiger partial charge in [-0.2, -0.15) is 8.42 Å². The third-order valence-corrected chi connectivity index (χ3v) is 3.48. The van der Waals surface area contributed by atoms with Crippen LogP contribution in [0, 0.1) is 0 Å². The maximum absolute atomic E-state index is 11.9. The minimum atomic E-state index is -5.14. The number of aliphatic hydroxyl groups is 1. The van der Waals surface area contributed by atoms with E-state index in [0.717, 1.165) is 0 Å². The molecule has 0 heterocycles. The molecule has 0 radical (unpaired) electrons. The number of carbonyl (C=O) groups is 1. The number of amides is 1. The van der Waals surface area contributed by atoms with E-state index in [1.807, 2.05) is 0 Å². The topological polar surface area (TPSA) is 278 Å². The Morgan fingerprint density at radius 3 is 2.30 bits per heavy atom. The van der Waals surface area contributed by atoms with Crippen molar-refractivity contribution in [3.8, 4) is 0 Å². The zero-order chi connectivity index (χ0) is 19.8. The van der Waals surface area contributed by atoms with Gasteiger partial charge < -0.3 is 46.2 Å². The van der Waals surface area contributed by atoms with Gasteiger partial charge in [-0.15, -0.1) is 0 Å². The van der Waals surface area contributed by atoms with E-state index in [4.69, 9.17) is 30.2 Å². The van der Waals surface area contributed by atoms with Crippen LogP contribution < -0.4 is 33.2 Å². The first-order valence-corrected chi connectivity index (χ1v) is 9.38. The summed E-state index contributed by atoms with van der Waals surface area (Å²) in [5.41, 5.74) is 0.552. The zero-order valence-electron chi connectivity index (χ0n) is 15.2. The standard InChI is InChI=1S/C11H17N3O5S.2H3N.H3O4P/c1-8(15)7-14(12)11(16)19-20(17,18)10-5-3-4-9(6-10)13-2;;;1-5(2,3)4/h3-6,8,13,15H,7,12H2,1-2H3;2*1H3;(H3,1,2,3,4). The monoisotopic (exact) mass is 435 g/mol. The molecule has 27 heavy (non-hydrogen) atoms. The van der Waals surface area contributed by atoms with Crippen LogP contribution in [0.3, 0.4) is 0 Å². The van der Waals surface area contributed by atoms with Gasteiger partial charge in [0.15, 0.2) is 0 Å². The molecule has 160 valence electrons. The number of rotatable bonds is 5. The van der Waals surface area contributed by atoms with Crippen LogP contribution in [0.15, 0.2) is 29.2 Å². The van der Waals surface area contributed by atoms with E-state index in [9.17, 15) is 13.2 Å². The van der Waals surface area contributed by atoms with E-state index in [1.165, 1.54) is 25.1 Å². The average molecular weight is 435 g/mol. The molecule has 0 bridgehead atoms. The van der Waals surface area contributed by atoms with Gasteiger partial charge in [-0.05, 0) is 25.1 Å². The second-order valence-electron chi connectivity index (χ2n) is 4.55. The number of carbonyl (C=O) groups excluding carboxylic acids is 1. The van der Waals surface area contributed by atoms with Crippen molar-refractivity contribution in [2.45, 2.75) is 17.9 Å². The van der Waals surface area contributed by atoms with Crippen LogP contribution in [0.25, 0.3) is 0 Å². The second-order valence-corrected chi connectivity index (χ2v) is 7.03. The Labute approximate surface area is 156 Å². The SMILES string of the molecule is CNc1cccc(S(=O)(=O)OC(=O)N(N)CC(C)O)c1.O=P([O-])([O-])O.[NH4+].[NH4+]. The average Bonchev–Trinajstić information content (AvgIpc) is 2.44. The maximum Gasteiger partial charge on any atom is 0.440 e. The number of nitrogens with one attached hydrogen (secondary N) is 1. The van der Waals surface area contributed by atoms with Crippen LogP contribution in [0.4, 0.5) is 10.5 Å². The van der Waals surface area contributed by atoms with Crippen LogP contribution in [0.1, 0.15) is 6.92 Å². The van der Waals surface area contributed by atoms with Crippen molar-refractivity contribution in [1.82, 2.24) is 17.3 Å². The van der Waals surface area contributed by atoms with E-state index in [2.05, 4.69) is 9.50 Å². The summed E-state index contributed by atoms with van der Waals surface area (Å²) >= 11 is 0. The van der Waals surface area contributed by atoms with Gasteiger partial charge in [0, 0.05) is 12.7 Å². The first-order chi connectivity index (χ1) is 11.3. The first-order valence-electron chi connectivity index (χ1n) is 6.47. The molecule has 14 nitrogen and oxygen atoms in total. The lowest BCUT2D eigenvalue weighted by Gasteiger charge is -2.19. The molecule has 0 saturated heterocycles. The summed E-state index contributed by atoms with van der Waals surface area (Å²) < 4.78 is 36.8. The van der Waals surface area contributed by atoms with Crippen molar-refractivity contribution in [2.75, 3.05) is 18.9 Å². The van der Waals surface area contributed by atoms with E-state index in [-0.39, 0.29) is 23.7 Å². The Balaban J connectivity index is -0.000000729. The lowest BCUT2D eigenvalue weighted by atomic mass is 10.3. The molecule has 0 aromatic heterocycles. The Bertz CT molecular complexity index is 716. The summed E-state index contributed by atoms with van der Waals surface area (Å²) in [6, 6.07) is 5.77. The minimum absolute atomic E-state index is 0. The largest absolute Gasteiger partial charge is 0.790 e. The third-order valence-electron chi connectivity index (χ3n) is 2.29. The first kappa shape index (κ1) is 29.9. The van der Waals surface area contributed by atoms with Gasteiger partial charge in [0.25, 0.3) is 0 Å². The summed E-state index contributed by atoms with van der Waals surface area (Å²) in [6.07, 6.45) is -2.16. The van der Waals surface area contributed by atoms with E-state index in [1.54, 1.807) is 13.1 Å². The Morgan fingerprint density at radius 2 is 1.89 bits per heavy atom. The molecule has 0 fully saturated rings. The molecule has 0 aliphatic rings. The number of hydrogen-bond donors (Lipinski definition) is 6. The predicted molar refractivity (Wildman–Crippen MR) is 94.0 cm³/mol. The Morgan fingerprint density at radius 1 is 1.41 bits per heavy atom. The van der Waals surface area contributed by atoms with Gasteiger partial charge in [-0.25, -0.2) is 15.6 Å². The van der Waals surface area contributed by atoms with E-state index >= 15 is 0 Å². The second kappa shape index (κ2) is 12.6. The highest BCUT2D eigenvalue weighted by molar-refractivity contribution is 7.87. The van der Waals surface area contributed by atoms with Crippen LogP contribution in [-0.2, 0) is 18.9 Å². The van der Waals surface area contributed by atoms with Crippen molar-refractivity contribution in [1.29, 1.82) is 0 Å². The van der Waals surface area contributed by atoms with Gasteiger partial charge in [0.1, 0.15) is 4.90 Å². The molecular weight excluding hydrogens is 409 g/mol. The summed E-state index contributed by atoms with van der Waals surface area (Å²) in [6.45, 7) is 1.16. The third kappa shape index (κ3) is 14.0. The molecule has 0 aliphatic carbocycles. The number of benzene rings is 1. The highest BCUT2D eigenvalue weighted by Gasteiger charge is 2.24. The number of hydrogen-bond acceptors (Lipinski definition) is 10. The molecular formula is C11H26N5O9PS. The molecule has 0 aliphatic heterocycles.